The van der Waals surface area contributed by atoms with Gasteiger partial charge < -0.3 is 11.1 Å². The van der Waals surface area contributed by atoms with Crippen LogP contribution in [-0.4, -0.2) is 34.9 Å². The zero-order valence-corrected chi connectivity index (χ0v) is 18.0. The topological polar surface area (TPSA) is 146 Å². The van der Waals surface area contributed by atoms with Gasteiger partial charge in [0.1, 0.15) is 16.9 Å². The summed E-state index contributed by atoms with van der Waals surface area (Å²) >= 11 is 0. The number of carbonyl (C=O) groups excluding carboxylic acids is 1. The van der Waals surface area contributed by atoms with E-state index in [0.29, 0.717) is 27.9 Å². The molecule has 32 heavy (non-hydrogen) atoms. The molecule has 1 saturated carbocycles. The van der Waals surface area contributed by atoms with E-state index in [0.717, 1.165) is 25.7 Å². The van der Waals surface area contributed by atoms with Crippen LogP contribution in [0, 0.1) is 0 Å². The average molecular weight is 451 g/mol. The summed E-state index contributed by atoms with van der Waals surface area (Å²) in [5.74, 6) is -0.0990. The van der Waals surface area contributed by atoms with Crippen LogP contribution >= 0.6 is 0 Å². The Hall–Kier alpha value is -3.50. The van der Waals surface area contributed by atoms with Gasteiger partial charge in [-0.05, 0) is 49.2 Å². The number of anilines is 1. The van der Waals surface area contributed by atoms with Crippen LogP contribution in [0.25, 0.3) is 27.9 Å². The SMILES string of the molecule is Nc1c(C(=O)NC2CCCC2)c2nc3ccccc3nc2n1-c1ccc(S(N)(=O)=O)cc1. The van der Waals surface area contributed by atoms with Crippen LogP contribution in [0.3, 0.4) is 0 Å². The largest absolute Gasteiger partial charge is 0.384 e. The van der Waals surface area contributed by atoms with E-state index in [4.69, 9.17) is 20.8 Å². The number of nitrogens with zero attached hydrogens (tertiary/aromatic N) is 3. The number of amides is 1. The summed E-state index contributed by atoms with van der Waals surface area (Å²) in [6, 6.07) is 13.4. The highest BCUT2D eigenvalue weighted by Gasteiger charge is 2.27. The number of carbonyl (C=O) groups is 1. The molecule has 164 valence electrons. The zero-order valence-electron chi connectivity index (χ0n) is 17.2. The van der Waals surface area contributed by atoms with Crippen molar-refractivity contribution in [3.05, 3.63) is 54.1 Å². The maximum Gasteiger partial charge on any atom is 0.257 e. The number of benzene rings is 2. The highest BCUT2D eigenvalue weighted by Crippen LogP contribution is 2.31. The fraction of sp³-hybridized carbons (Fsp3) is 0.227. The van der Waals surface area contributed by atoms with E-state index < -0.39 is 10.0 Å². The van der Waals surface area contributed by atoms with Crippen molar-refractivity contribution in [1.82, 2.24) is 19.9 Å². The number of nitrogens with two attached hydrogens (primary N) is 2. The number of sulfonamides is 1. The van der Waals surface area contributed by atoms with E-state index in [9.17, 15) is 13.2 Å². The molecule has 2 heterocycles. The quantitative estimate of drug-likeness (QED) is 0.435. The molecule has 10 heteroatoms. The molecule has 1 aliphatic carbocycles. The molecule has 1 aliphatic rings. The highest BCUT2D eigenvalue weighted by atomic mass is 32.2. The van der Waals surface area contributed by atoms with E-state index in [-0.39, 0.29) is 28.2 Å². The Balaban J connectivity index is 1.72. The second-order valence-corrected chi connectivity index (χ2v) is 9.54. The number of primary sulfonamides is 1. The molecule has 0 unspecified atom stereocenters. The molecule has 0 aliphatic heterocycles. The van der Waals surface area contributed by atoms with Crippen molar-refractivity contribution in [1.29, 1.82) is 0 Å². The van der Waals surface area contributed by atoms with Crippen molar-refractivity contribution in [3.63, 3.8) is 0 Å². The van der Waals surface area contributed by atoms with Crippen LogP contribution in [0.2, 0.25) is 0 Å². The number of fused-ring (bicyclic) bond motifs is 2. The Morgan fingerprint density at radius 1 is 1.00 bits per heavy atom. The third kappa shape index (κ3) is 3.47. The molecule has 1 fully saturated rings. The minimum absolute atomic E-state index is 0.0213. The van der Waals surface area contributed by atoms with Crippen LogP contribution < -0.4 is 16.2 Å². The number of hydrogen-bond acceptors (Lipinski definition) is 6. The monoisotopic (exact) mass is 450 g/mol. The van der Waals surface area contributed by atoms with Crippen molar-refractivity contribution in [2.45, 2.75) is 36.6 Å². The van der Waals surface area contributed by atoms with Gasteiger partial charge in [-0.3, -0.25) is 9.36 Å². The Kier molecular flexibility index (Phi) is 4.83. The first-order valence-corrected chi connectivity index (χ1v) is 11.9. The van der Waals surface area contributed by atoms with E-state index in [1.54, 1.807) is 16.7 Å². The van der Waals surface area contributed by atoms with Crippen molar-refractivity contribution in [2.24, 2.45) is 5.14 Å². The van der Waals surface area contributed by atoms with Gasteiger partial charge in [0.2, 0.25) is 10.0 Å². The maximum absolute atomic E-state index is 13.2. The van der Waals surface area contributed by atoms with Gasteiger partial charge in [0.15, 0.2) is 5.65 Å². The molecule has 0 saturated heterocycles. The fourth-order valence-corrected chi connectivity index (χ4v) is 4.77. The first kappa shape index (κ1) is 20.4. The number of hydrogen-bond donors (Lipinski definition) is 3. The van der Waals surface area contributed by atoms with Crippen molar-refractivity contribution >= 4 is 43.9 Å². The molecule has 2 aromatic carbocycles. The van der Waals surface area contributed by atoms with Gasteiger partial charge in [-0.2, -0.15) is 0 Å². The molecule has 9 nitrogen and oxygen atoms in total. The summed E-state index contributed by atoms with van der Waals surface area (Å²) in [5.41, 5.74) is 9.42. The lowest BCUT2D eigenvalue weighted by Crippen LogP contribution is -2.33. The Morgan fingerprint density at radius 2 is 1.62 bits per heavy atom. The number of aromatic nitrogens is 3. The predicted molar refractivity (Wildman–Crippen MR) is 122 cm³/mol. The number of nitrogen functional groups attached to an aromatic ring is 1. The predicted octanol–water partition coefficient (Wildman–Crippen LogP) is 2.48. The van der Waals surface area contributed by atoms with E-state index in [2.05, 4.69) is 5.32 Å². The number of para-hydroxylation sites is 2. The highest BCUT2D eigenvalue weighted by molar-refractivity contribution is 7.89. The lowest BCUT2D eigenvalue weighted by molar-refractivity contribution is 0.0940. The second kappa shape index (κ2) is 7.57. The third-order valence-electron chi connectivity index (χ3n) is 5.84. The second-order valence-electron chi connectivity index (χ2n) is 7.97. The summed E-state index contributed by atoms with van der Waals surface area (Å²) in [6.45, 7) is 0. The summed E-state index contributed by atoms with van der Waals surface area (Å²) in [6.07, 6.45) is 4.05. The van der Waals surface area contributed by atoms with Gasteiger partial charge >= 0.3 is 0 Å². The van der Waals surface area contributed by atoms with Gasteiger partial charge in [0.25, 0.3) is 5.91 Å². The standard InChI is InChI=1S/C22H22N6O3S/c23-20-18(22(29)25-13-5-1-2-6-13)19-21(27-17-8-4-3-7-16(17)26-19)28(20)14-9-11-15(12-10-14)32(24,30)31/h3-4,7-13H,1-2,5-6,23H2,(H,25,29)(H2,24,30,31). The molecule has 0 radical (unpaired) electrons. The zero-order chi connectivity index (χ0) is 22.5. The van der Waals surface area contributed by atoms with Crippen LogP contribution in [0.15, 0.2) is 53.4 Å². The van der Waals surface area contributed by atoms with Gasteiger partial charge in [0, 0.05) is 11.7 Å². The van der Waals surface area contributed by atoms with Crippen LogP contribution in [0.5, 0.6) is 0 Å². The van der Waals surface area contributed by atoms with Gasteiger partial charge in [-0.15, -0.1) is 0 Å². The lowest BCUT2D eigenvalue weighted by atomic mass is 10.2. The maximum atomic E-state index is 13.2. The average Bonchev–Trinajstić information content (AvgIpc) is 3.36. The van der Waals surface area contributed by atoms with E-state index >= 15 is 0 Å². The number of rotatable bonds is 4. The molecule has 1 amide bonds. The fourth-order valence-electron chi connectivity index (χ4n) is 4.26. The summed E-state index contributed by atoms with van der Waals surface area (Å²) in [7, 11) is -3.84. The summed E-state index contributed by atoms with van der Waals surface area (Å²) in [5, 5.41) is 8.29. The number of nitrogens with one attached hydrogen (secondary N) is 1. The van der Waals surface area contributed by atoms with Crippen LogP contribution in [0.4, 0.5) is 5.82 Å². The molecule has 5 N–H and O–H groups in total. The lowest BCUT2D eigenvalue weighted by Gasteiger charge is -2.12. The third-order valence-corrected chi connectivity index (χ3v) is 6.77. The molecule has 0 bridgehead atoms. The Morgan fingerprint density at radius 3 is 2.25 bits per heavy atom. The van der Waals surface area contributed by atoms with Crippen LogP contribution in [-0.2, 0) is 10.0 Å². The minimum Gasteiger partial charge on any atom is -0.384 e. The van der Waals surface area contributed by atoms with Crippen molar-refractivity contribution in [3.8, 4) is 5.69 Å². The van der Waals surface area contributed by atoms with Gasteiger partial charge in [-0.1, -0.05) is 25.0 Å². The minimum atomic E-state index is -3.84. The Labute approximate surface area is 184 Å². The van der Waals surface area contributed by atoms with Crippen molar-refractivity contribution in [2.75, 3.05) is 5.73 Å². The van der Waals surface area contributed by atoms with Crippen molar-refractivity contribution < 1.29 is 13.2 Å². The van der Waals surface area contributed by atoms with Gasteiger partial charge in [0.05, 0.1) is 15.9 Å². The first-order chi connectivity index (χ1) is 15.3. The molecule has 5 rings (SSSR count). The summed E-state index contributed by atoms with van der Waals surface area (Å²) in [4.78, 5) is 22.6. The summed E-state index contributed by atoms with van der Waals surface area (Å²) < 4.78 is 24.9. The molecule has 4 aromatic rings. The van der Waals surface area contributed by atoms with Crippen LogP contribution in [0.1, 0.15) is 36.0 Å². The molecule has 2 aromatic heterocycles. The molecular formula is C22H22N6O3S. The molecule has 0 spiro atoms. The van der Waals surface area contributed by atoms with E-state index in [1.165, 1.54) is 12.1 Å². The normalized spacial score (nSPS) is 14.9. The smallest absolute Gasteiger partial charge is 0.257 e. The molecular weight excluding hydrogens is 428 g/mol. The van der Waals surface area contributed by atoms with Gasteiger partial charge in [-0.25, -0.2) is 23.5 Å². The first-order valence-electron chi connectivity index (χ1n) is 10.3. The Bertz CT molecular complexity index is 1450. The van der Waals surface area contributed by atoms with E-state index in [1.807, 2.05) is 24.3 Å². The molecule has 0 atom stereocenters.